The van der Waals surface area contributed by atoms with Crippen molar-refractivity contribution in [3.63, 3.8) is 0 Å². The van der Waals surface area contributed by atoms with Crippen LogP contribution in [-0.2, 0) is 0 Å². The summed E-state index contributed by atoms with van der Waals surface area (Å²) in [6, 6.07) is 3.51. The van der Waals surface area contributed by atoms with E-state index in [0.29, 0.717) is 18.7 Å². The predicted molar refractivity (Wildman–Crippen MR) is 97.1 cm³/mol. The van der Waals surface area contributed by atoms with E-state index in [1.807, 2.05) is 0 Å². The Hall–Kier alpha value is -2.11. The third-order valence-electron chi connectivity index (χ3n) is 4.41. The van der Waals surface area contributed by atoms with E-state index in [9.17, 15) is 4.79 Å². The summed E-state index contributed by atoms with van der Waals surface area (Å²) in [4.78, 5) is 20.0. The molecular formula is C18H29N5O. The molecule has 0 aromatic carbocycles. The number of hydrogen-bond acceptors (Lipinski definition) is 3. The lowest BCUT2D eigenvalue weighted by Crippen LogP contribution is -2.41. The van der Waals surface area contributed by atoms with E-state index in [4.69, 9.17) is 0 Å². The second-order valence-electron chi connectivity index (χ2n) is 6.22. The first-order valence-electron chi connectivity index (χ1n) is 8.92. The molecule has 1 aliphatic rings. The lowest BCUT2D eigenvalue weighted by Gasteiger charge is -2.13. The Morgan fingerprint density at radius 1 is 1.21 bits per heavy atom. The molecule has 2 rings (SSSR count). The number of rotatable bonds is 8. The highest BCUT2D eigenvalue weighted by molar-refractivity contribution is 5.93. The van der Waals surface area contributed by atoms with Crippen molar-refractivity contribution < 1.29 is 4.79 Å². The number of nitrogens with zero attached hydrogens (tertiary/aromatic N) is 2. The van der Waals surface area contributed by atoms with E-state index in [-0.39, 0.29) is 5.91 Å². The van der Waals surface area contributed by atoms with Gasteiger partial charge in [0, 0.05) is 39.1 Å². The first kappa shape index (κ1) is 18.2. The van der Waals surface area contributed by atoms with E-state index in [1.54, 1.807) is 31.6 Å². The normalized spacial score (nSPS) is 15.3. The SMILES string of the molecule is CN=C(NCCCC1CCCC1)NCCNC(=O)c1cccnc1. The van der Waals surface area contributed by atoms with E-state index in [1.165, 1.54) is 38.5 Å². The highest BCUT2D eigenvalue weighted by Crippen LogP contribution is 2.28. The smallest absolute Gasteiger partial charge is 0.252 e. The van der Waals surface area contributed by atoms with Crippen molar-refractivity contribution >= 4 is 11.9 Å². The van der Waals surface area contributed by atoms with Crippen LogP contribution in [0.5, 0.6) is 0 Å². The van der Waals surface area contributed by atoms with Crippen LogP contribution in [0.25, 0.3) is 0 Å². The van der Waals surface area contributed by atoms with Crippen molar-refractivity contribution in [3.8, 4) is 0 Å². The van der Waals surface area contributed by atoms with Crippen LogP contribution in [0.4, 0.5) is 0 Å². The van der Waals surface area contributed by atoms with Crippen LogP contribution in [0.15, 0.2) is 29.5 Å². The summed E-state index contributed by atoms with van der Waals surface area (Å²) in [5.41, 5.74) is 0.576. The van der Waals surface area contributed by atoms with Crippen LogP contribution >= 0.6 is 0 Å². The predicted octanol–water partition coefficient (Wildman–Crippen LogP) is 1.95. The lowest BCUT2D eigenvalue weighted by atomic mass is 10.0. The third kappa shape index (κ3) is 6.56. The van der Waals surface area contributed by atoms with Gasteiger partial charge in [-0.05, 0) is 30.9 Å². The van der Waals surface area contributed by atoms with Gasteiger partial charge in [0.25, 0.3) is 5.91 Å². The lowest BCUT2D eigenvalue weighted by molar-refractivity contribution is 0.0954. The number of guanidine groups is 1. The molecule has 0 aliphatic heterocycles. The average molecular weight is 331 g/mol. The van der Waals surface area contributed by atoms with E-state index in [2.05, 4.69) is 25.9 Å². The van der Waals surface area contributed by atoms with Crippen molar-refractivity contribution in [2.75, 3.05) is 26.7 Å². The second kappa shape index (κ2) is 10.6. The van der Waals surface area contributed by atoms with Crippen LogP contribution in [0.3, 0.4) is 0 Å². The minimum Gasteiger partial charge on any atom is -0.356 e. The molecule has 6 nitrogen and oxygen atoms in total. The van der Waals surface area contributed by atoms with Crippen LogP contribution in [-0.4, -0.2) is 43.5 Å². The number of aliphatic imine (C=N–C) groups is 1. The van der Waals surface area contributed by atoms with Gasteiger partial charge in [0.1, 0.15) is 0 Å². The zero-order valence-electron chi connectivity index (χ0n) is 14.6. The maximum atomic E-state index is 11.9. The molecule has 0 atom stereocenters. The molecule has 0 spiro atoms. The van der Waals surface area contributed by atoms with Gasteiger partial charge in [-0.1, -0.05) is 25.7 Å². The Kier molecular flexibility index (Phi) is 8.07. The number of pyridine rings is 1. The van der Waals surface area contributed by atoms with Crippen molar-refractivity contribution in [2.24, 2.45) is 10.9 Å². The van der Waals surface area contributed by atoms with E-state index >= 15 is 0 Å². The van der Waals surface area contributed by atoms with Gasteiger partial charge < -0.3 is 16.0 Å². The number of aromatic nitrogens is 1. The molecule has 6 heteroatoms. The topological polar surface area (TPSA) is 78.4 Å². The summed E-state index contributed by atoms with van der Waals surface area (Å²) < 4.78 is 0. The van der Waals surface area contributed by atoms with Gasteiger partial charge in [-0.2, -0.15) is 0 Å². The maximum absolute atomic E-state index is 11.9. The highest BCUT2D eigenvalue weighted by atomic mass is 16.1. The van der Waals surface area contributed by atoms with Gasteiger partial charge in [-0.3, -0.25) is 14.8 Å². The van der Waals surface area contributed by atoms with E-state index in [0.717, 1.165) is 18.4 Å². The van der Waals surface area contributed by atoms with Gasteiger partial charge >= 0.3 is 0 Å². The molecule has 1 saturated carbocycles. The van der Waals surface area contributed by atoms with Crippen LogP contribution in [0, 0.1) is 5.92 Å². The molecule has 24 heavy (non-hydrogen) atoms. The number of carbonyl (C=O) groups excluding carboxylic acids is 1. The second-order valence-corrected chi connectivity index (χ2v) is 6.22. The minimum absolute atomic E-state index is 0.107. The first-order chi connectivity index (χ1) is 11.8. The fourth-order valence-electron chi connectivity index (χ4n) is 3.07. The molecule has 0 unspecified atom stereocenters. The van der Waals surface area contributed by atoms with Crippen LogP contribution in [0.1, 0.15) is 48.9 Å². The van der Waals surface area contributed by atoms with Crippen molar-refractivity contribution in [1.29, 1.82) is 0 Å². The number of carbonyl (C=O) groups is 1. The molecule has 1 heterocycles. The van der Waals surface area contributed by atoms with Gasteiger partial charge in [0.15, 0.2) is 5.96 Å². The summed E-state index contributed by atoms with van der Waals surface area (Å²) in [7, 11) is 1.76. The molecule has 1 aromatic rings. The Labute approximate surface area is 144 Å². The molecule has 0 saturated heterocycles. The summed E-state index contributed by atoms with van der Waals surface area (Å²) in [5, 5.41) is 9.40. The summed E-state index contributed by atoms with van der Waals surface area (Å²) in [6.07, 6.45) is 11.3. The molecule has 1 aromatic heterocycles. The largest absolute Gasteiger partial charge is 0.356 e. The quantitative estimate of drug-likeness (QED) is 0.386. The van der Waals surface area contributed by atoms with Crippen LogP contribution in [0.2, 0.25) is 0 Å². The van der Waals surface area contributed by atoms with Gasteiger partial charge in [0.05, 0.1) is 5.56 Å². The fourth-order valence-corrected chi connectivity index (χ4v) is 3.07. The average Bonchev–Trinajstić information content (AvgIpc) is 3.14. The maximum Gasteiger partial charge on any atom is 0.252 e. The Bertz CT molecular complexity index is 511. The minimum atomic E-state index is -0.107. The molecule has 3 N–H and O–H groups in total. The monoisotopic (exact) mass is 331 g/mol. The zero-order valence-corrected chi connectivity index (χ0v) is 14.6. The van der Waals surface area contributed by atoms with E-state index < -0.39 is 0 Å². The van der Waals surface area contributed by atoms with Crippen molar-refractivity contribution in [3.05, 3.63) is 30.1 Å². The molecule has 132 valence electrons. The zero-order chi connectivity index (χ0) is 17.0. The van der Waals surface area contributed by atoms with Crippen molar-refractivity contribution in [1.82, 2.24) is 20.9 Å². The Morgan fingerprint density at radius 2 is 1.96 bits per heavy atom. The Morgan fingerprint density at radius 3 is 2.67 bits per heavy atom. The number of nitrogens with one attached hydrogen (secondary N) is 3. The molecule has 0 radical (unpaired) electrons. The number of hydrogen-bond donors (Lipinski definition) is 3. The van der Waals surface area contributed by atoms with Gasteiger partial charge in [-0.25, -0.2) is 0 Å². The number of amides is 1. The van der Waals surface area contributed by atoms with Crippen molar-refractivity contribution in [2.45, 2.75) is 38.5 Å². The summed E-state index contributed by atoms with van der Waals surface area (Å²) in [5.74, 6) is 1.62. The summed E-state index contributed by atoms with van der Waals surface area (Å²) >= 11 is 0. The standard InChI is InChI=1S/C18H29N5O/c1-19-18(22-11-4-8-15-6-2-3-7-15)23-13-12-21-17(24)16-9-5-10-20-14-16/h5,9-10,14-15H,2-4,6-8,11-13H2,1H3,(H,21,24)(H2,19,22,23). The van der Waals surface area contributed by atoms with Gasteiger partial charge in [0.2, 0.25) is 0 Å². The third-order valence-corrected chi connectivity index (χ3v) is 4.41. The molecule has 0 bridgehead atoms. The molecular weight excluding hydrogens is 302 g/mol. The molecule has 1 fully saturated rings. The van der Waals surface area contributed by atoms with Gasteiger partial charge in [-0.15, -0.1) is 0 Å². The molecule has 1 amide bonds. The Balaban J connectivity index is 1.54. The highest BCUT2D eigenvalue weighted by Gasteiger charge is 2.13. The molecule has 1 aliphatic carbocycles. The van der Waals surface area contributed by atoms with Crippen LogP contribution < -0.4 is 16.0 Å². The summed E-state index contributed by atoms with van der Waals surface area (Å²) in [6.45, 7) is 2.11. The first-order valence-corrected chi connectivity index (χ1v) is 8.92. The fraction of sp³-hybridized carbons (Fsp3) is 0.611.